The molecule has 3 rings (SSSR count). The number of carboxylic acid groups (broad SMARTS) is 2. The van der Waals surface area contributed by atoms with Crippen LogP contribution in [0.5, 0.6) is 0 Å². The molecule has 8 heteroatoms. The van der Waals surface area contributed by atoms with E-state index in [1.54, 1.807) is 12.1 Å². The van der Waals surface area contributed by atoms with Gasteiger partial charge in [0.05, 0.1) is 23.7 Å². The van der Waals surface area contributed by atoms with E-state index in [0.717, 1.165) is 5.56 Å². The zero-order chi connectivity index (χ0) is 19.2. The Kier molecular flexibility index (Phi) is 4.43. The molecule has 0 radical (unpaired) electrons. The number of aliphatic carboxylic acids is 2. The molecule has 2 aliphatic carbocycles. The summed E-state index contributed by atoms with van der Waals surface area (Å²) in [6.07, 6.45) is 0. The number of carbonyl (C=O) groups excluding carboxylic acids is 2. The molecule has 2 saturated carbocycles. The molecule has 2 amide bonds. The zero-order valence-electron chi connectivity index (χ0n) is 14.3. The lowest BCUT2D eigenvalue weighted by Gasteiger charge is -2.63. The summed E-state index contributed by atoms with van der Waals surface area (Å²) < 4.78 is 0. The van der Waals surface area contributed by atoms with Gasteiger partial charge in [0.15, 0.2) is 0 Å². The Morgan fingerprint density at radius 2 is 1.27 bits per heavy atom. The molecule has 2 aliphatic rings. The first-order chi connectivity index (χ1) is 12.3. The van der Waals surface area contributed by atoms with Gasteiger partial charge in [-0.15, -0.1) is 0 Å². The Hall–Kier alpha value is -2.90. The Balaban J connectivity index is 1.84. The molecule has 1 aromatic rings. The molecular weight excluding hydrogens is 340 g/mol. The van der Waals surface area contributed by atoms with Crippen molar-refractivity contribution in [1.29, 1.82) is 0 Å². The molecular formula is C18H20N2O6. The van der Waals surface area contributed by atoms with Crippen molar-refractivity contribution in [2.75, 3.05) is 12.4 Å². The molecule has 4 N–H and O–H groups in total. The highest BCUT2D eigenvalue weighted by Crippen LogP contribution is 2.65. The molecule has 26 heavy (non-hydrogen) atoms. The lowest BCUT2D eigenvalue weighted by atomic mass is 9.37. The van der Waals surface area contributed by atoms with Gasteiger partial charge >= 0.3 is 11.9 Å². The van der Waals surface area contributed by atoms with E-state index >= 15 is 0 Å². The van der Waals surface area contributed by atoms with Gasteiger partial charge in [-0.1, -0.05) is 17.7 Å². The van der Waals surface area contributed by atoms with Gasteiger partial charge in [0.25, 0.3) is 0 Å². The van der Waals surface area contributed by atoms with Crippen LogP contribution in [0.1, 0.15) is 5.56 Å². The molecule has 2 fully saturated rings. The average Bonchev–Trinajstić information content (AvgIpc) is 2.55. The van der Waals surface area contributed by atoms with Crippen LogP contribution in [-0.2, 0) is 19.2 Å². The van der Waals surface area contributed by atoms with Gasteiger partial charge in [-0.05, 0) is 30.9 Å². The van der Waals surface area contributed by atoms with Crippen molar-refractivity contribution in [2.24, 2.45) is 35.5 Å². The molecule has 0 aromatic heterocycles. The number of anilines is 1. The van der Waals surface area contributed by atoms with Crippen molar-refractivity contribution in [3.63, 3.8) is 0 Å². The van der Waals surface area contributed by atoms with E-state index in [4.69, 9.17) is 0 Å². The lowest BCUT2D eigenvalue weighted by molar-refractivity contribution is -0.221. The number of hydrogen-bond donors (Lipinski definition) is 4. The minimum atomic E-state index is -1.21. The van der Waals surface area contributed by atoms with Crippen LogP contribution in [0.15, 0.2) is 24.3 Å². The summed E-state index contributed by atoms with van der Waals surface area (Å²) in [6.45, 7) is 1.90. The van der Waals surface area contributed by atoms with E-state index in [9.17, 15) is 29.4 Å². The van der Waals surface area contributed by atoms with Crippen LogP contribution in [0.3, 0.4) is 0 Å². The van der Waals surface area contributed by atoms with Crippen molar-refractivity contribution in [3.8, 4) is 0 Å². The SMILES string of the molecule is CNC(=O)C1C(C(=O)O)C2C(C(=O)O)C(C(=O)Nc3ccc(C)cc3)C12. The highest BCUT2D eigenvalue weighted by Gasteiger charge is 2.74. The smallest absolute Gasteiger partial charge is 0.307 e. The molecule has 0 saturated heterocycles. The van der Waals surface area contributed by atoms with Gasteiger partial charge in [0.1, 0.15) is 0 Å². The lowest BCUT2D eigenvalue weighted by Crippen LogP contribution is -2.73. The van der Waals surface area contributed by atoms with E-state index in [-0.39, 0.29) is 0 Å². The van der Waals surface area contributed by atoms with Crippen LogP contribution in [0.2, 0.25) is 0 Å². The minimum absolute atomic E-state index is 0.476. The maximum Gasteiger partial charge on any atom is 0.307 e. The second kappa shape index (κ2) is 6.44. The third kappa shape index (κ3) is 2.61. The number of carboxylic acids is 2. The third-order valence-corrected chi connectivity index (χ3v) is 5.62. The van der Waals surface area contributed by atoms with Gasteiger partial charge in [-0.25, -0.2) is 0 Å². The van der Waals surface area contributed by atoms with Crippen LogP contribution >= 0.6 is 0 Å². The molecule has 8 nitrogen and oxygen atoms in total. The number of hydrogen-bond acceptors (Lipinski definition) is 4. The number of nitrogens with one attached hydrogen (secondary N) is 2. The largest absolute Gasteiger partial charge is 0.481 e. The molecule has 1 aromatic carbocycles. The fourth-order valence-electron chi connectivity index (χ4n) is 4.41. The average molecular weight is 360 g/mol. The number of carbonyl (C=O) groups is 4. The predicted octanol–water partition coefficient (Wildman–Crippen LogP) is 0.573. The minimum Gasteiger partial charge on any atom is -0.481 e. The van der Waals surface area contributed by atoms with Gasteiger partial charge in [-0.2, -0.15) is 0 Å². The summed E-state index contributed by atoms with van der Waals surface area (Å²) in [6, 6.07) is 7.03. The Labute approximate surface area is 149 Å². The molecule has 0 heterocycles. The number of benzene rings is 1. The monoisotopic (exact) mass is 360 g/mol. The second-order valence-corrected chi connectivity index (χ2v) is 6.90. The van der Waals surface area contributed by atoms with E-state index in [1.165, 1.54) is 7.05 Å². The van der Waals surface area contributed by atoms with Gasteiger partial charge in [0, 0.05) is 12.7 Å². The van der Waals surface area contributed by atoms with Crippen LogP contribution in [0, 0.1) is 42.4 Å². The van der Waals surface area contributed by atoms with Crippen LogP contribution < -0.4 is 10.6 Å². The normalized spacial score (nSPS) is 31.6. The number of amides is 2. The number of rotatable bonds is 5. The van der Waals surface area contributed by atoms with Crippen molar-refractivity contribution in [3.05, 3.63) is 29.8 Å². The van der Waals surface area contributed by atoms with Crippen molar-refractivity contribution >= 4 is 29.4 Å². The van der Waals surface area contributed by atoms with Gasteiger partial charge in [-0.3, -0.25) is 19.2 Å². The Bertz CT molecular complexity index is 774. The summed E-state index contributed by atoms with van der Waals surface area (Å²) in [5.74, 6) is -8.69. The topological polar surface area (TPSA) is 133 Å². The third-order valence-electron chi connectivity index (χ3n) is 5.62. The highest BCUT2D eigenvalue weighted by atomic mass is 16.4. The quantitative estimate of drug-likeness (QED) is 0.607. The maximum atomic E-state index is 12.7. The van der Waals surface area contributed by atoms with E-state index in [1.807, 2.05) is 19.1 Å². The molecule has 0 bridgehead atoms. The first kappa shape index (κ1) is 17.9. The maximum absolute atomic E-state index is 12.7. The molecule has 138 valence electrons. The Morgan fingerprint density at radius 1 is 0.808 bits per heavy atom. The summed E-state index contributed by atoms with van der Waals surface area (Å²) in [4.78, 5) is 47.9. The highest BCUT2D eigenvalue weighted by molar-refractivity contribution is 5.99. The van der Waals surface area contributed by atoms with Crippen molar-refractivity contribution in [2.45, 2.75) is 6.92 Å². The zero-order valence-corrected chi connectivity index (χ0v) is 14.3. The fraction of sp³-hybridized carbons (Fsp3) is 0.444. The van der Waals surface area contributed by atoms with Crippen molar-refractivity contribution in [1.82, 2.24) is 5.32 Å². The molecule has 6 atom stereocenters. The van der Waals surface area contributed by atoms with Gasteiger partial charge < -0.3 is 20.8 Å². The molecule has 0 spiro atoms. The van der Waals surface area contributed by atoms with Crippen LogP contribution in [0.25, 0.3) is 0 Å². The first-order valence-corrected chi connectivity index (χ1v) is 8.32. The van der Waals surface area contributed by atoms with E-state index in [0.29, 0.717) is 5.69 Å². The number of fused-ring (bicyclic) bond motifs is 1. The van der Waals surface area contributed by atoms with Crippen LogP contribution in [0.4, 0.5) is 5.69 Å². The summed E-state index contributed by atoms with van der Waals surface area (Å²) >= 11 is 0. The standard InChI is InChI=1S/C18H20N2O6/c1-7-3-5-8(6-4-7)20-16(22)12-9-10(14(12)18(25)26)13(17(23)24)11(9)15(21)19-2/h3-6,9-14H,1-2H3,(H,19,21)(H,20,22)(H,23,24)(H,25,26). The molecule has 6 unspecified atom stereocenters. The Morgan fingerprint density at radius 3 is 1.73 bits per heavy atom. The fourth-order valence-corrected chi connectivity index (χ4v) is 4.41. The van der Waals surface area contributed by atoms with Gasteiger partial charge in [0.2, 0.25) is 11.8 Å². The first-order valence-electron chi connectivity index (χ1n) is 8.32. The van der Waals surface area contributed by atoms with Crippen molar-refractivity contribution < 1.29 is 29.4 Å². The molecule has 0 aliphatic heterocycles. The summed E-state index contributed by atoms with van der Waals surface area (Å²) in [5.41, 5.74) is 1.54. The van der Waals surface area contributed by atoms with E-state index < -0.39 is 59.3 Å². The van der Waals surface area contributed by atoms with E-state index in [2.05, 4.69) is 10.6 Å². The van der Waals surface area contributed by atoms with Crippen LogP contribution in [-0.4, -0.2) is 41.0 Å². The number of aryl methyl sites for hydroxylation is 1. The second-order valence-electron chi connectivity index (χ2n) is 6.90. The predicted molar refractivity (Wildman–Crippen MR) is 90.1 cm³/mol. The summed E-state index contributed by atoms with van der Waals surface area (Å²) in [7, 11) is 1.39. The summed E-state index contributed by atoms with van der Waals surface area (Å²) in [5, 5.41) is 24.0.